The summed E-state index contributed by atoms with van der Waals surface area (Å²) in [4.78, 5) is 12.0. The van der Waals surface area contributed by atoms with Crippen molar-refractivity contribution in [2.45, 2.75) is 45.9 Å². The van der Waals surface area contributed by atoms with Crippen LogP contribution in [0.15, 0.2) is 18.2 Å². The van der Waals surface area contributed by atoms with Crippen LogP contribution in [0.2, 0.25) is 5.02 Å². The average molecular weight is 299 g/mol. The number of hydrogen-bond donors (Lipinski definition) is 2. The highest BCUT2D eigenvalue weighted by Crippen LogP contribution is 2.27. The Bertz CT molecular complexity index is 451. The van der Waals surface area contributed by atoms with Crippen LogP contribution in [0, 0.1) is 0 Å². The van der Waals surface area contributed by atoms with Gasteiger partial charge in [0.05, 0.1) is 0 Å². The number of carbonyl (C=O) groups is 1. The van der Waals surface area contributed by atoms with Gasteiger partial charge in [0.1, 0.15) is 5.75 Å². The molecular weight excluding hydrogens is 276 g/mol. The number of rotatable bonds is 7. The SMILES string of the molecule is CCC(C)NC(=O)C(C)Oc1cccc(Cl)c1CNC. The first-order chi connectivity index (χ1) is 9.49. The van der Waals surface area contributed by atoms with Gasteiger partial charge in [-0.15, -0.1) is 0 Å². The summed E-state index contributed by atoms with van der Waals surface area (Å²) in [5, 5.41) is 6.58. The second-order valence-corrected chi connectivity index (χ2v) is 5.23. The van der Waals surface area contributed by atoms with E-state index in [0.717, 1.165) is 12.0 Å². The van der Waals surface area contributed by atoms with Crippen LogP contribution in [0.4, 0.5) is 0 Å². The van der Waals surface area contributed by atoms with Crippen molar-refractivity contribution in [1.29, 1.82) is 0 Å². The van der Waals surface area contributed by atoms with E-state index in [-0.39, 0.29) is 11.9 Å². The molecule has 0 aromatic heterocycles. The van der Waals surface area contributed by atoms with Gasteiger partial charge in [0, 0.05) is 23.2 Å². The molecule has 0 spiro atoms. The lowest BCUT2D eigenvalue weighted by atomic mass is 10.2. The molecule has 0 saturated heterocycles. The predicted molar refractivity (Wildman–Crippen MR) is 82.2 cm³/mol. The van der Waals surface area contributed by atoms with Crippen LogP contribution in [-0.2, 0) is 11.3 Å². The molecule has 0 heterocycles. The fourth-order valence-electron chi connectivity index (χ4n) is 1.70. The zero-order valence-corrected chi connectivity index (χ0v) is 13.3. The topological polar surface area (TPSA) is 50.4 Å². The molecule has 1 rings (SSSR count). The molecule has 0 radical (unpaired) electrons. The molecule has 0 aliphatic rings. The summed E-state index contributed by atoms with van der Waals surface area (Å²) in [6.07, 6.45) is 0.332. The Morgan fingerprint density at radius 2 is 2.10 bits per heavy atom. The van der Waals surface area contributed by atoms with E-state index >= 15 is 0 Å². The number of hydrogen-bond acceptors (Lipinski definition) is 3. The third-order valence-electron chi connectivity index (χ3n) is 3.10. The maximum absolute atomic E-state index is 12.0. The summed E-state index contributed by atoms with van der Waals surface area (Å²) in [6, 6.07) is 5.59. The van der Waals surface area contributed by atoms with Crippen molar-refractivity contribution in [3.63, 3.8) is 0 Å². The normalized spacial score (nSPS) is 13.7. The Morgan fingerprint density at radius 3 is 2.70 bits per heavy atom. The molecule has 4 nitrogen and oxygen atoms in total. The molecule has 1 aromatic carbocycles. The Kier molecular flexibility index (Phi) is 6.82. The number of ether oxygens (including phenoxy) is 1. The van der Waals surface area contributed by atoms with Gasteiger partial charge < -0.3 is 15.4 Å². The van der Waals surface area contributed by atoms with Crippen LogP contribution in [0.1, 0.15) is 32.8 Å². The first kappa shape index (κ1) is 16.8. The molecule has 0 aliphatic carbocycles. The van der Waals surface area contributed by atoms with Gasteiger partial charge in [-0.1, -0.05) is 24.6 Å². The third-order valence-corrected chi connectivity index (χ3v) is 3.46. The molecule has 2 N–H and O–H groups in total. The second-order valence-electron chi connectivity index (χ2n) is 4.82. The van der Waals surface area contributed by atoms with Gasteiger partial charge in [0.15, 0.2) is 6.10 Å². The van der Waals surface area contributed by atoms with Gasteiger partial charge in [0.25, 0.3) is 5.91 Å². The highest BCUT2D eigenvalue weighted by molar-refractivity contribution is 6.31. The Balaban J connectivity index is 2.77. The highest BCUT2D eigenvalue weighted by atomic mass is 35.5. The summed E-state index contributed by atoms with van der Waals surface area (Å²) in [6.45, 7) is 6.32. The van der Waals surface area contributed by atoms with Crippen LogP contribution in [0.25, 0.3) is 0 Å². The Hall–Kier alpha value is -1.26. The first-order valence-corrected chi connectivity index (χ1v) is 7.26. The van der Waals surface area contributed by atoms with Crippen LogP contribution >= 0.6 is 11.6 Å². The van der Waals surface area contributed by atoms with Gasteiger partial charge >= 0.3 is 0 Å². The monoisotopic (exact) mass is 298 g/mol. The standard InChI is InChI=1S/C15H23ClN2O2/c1-5-10(2)18-15(19)11(3)20-14-8-6-7-13(16)12(14)9-17-4/h6-8,10-11,17H,5,9H2,1-4H3,(H,18,19). The lowest BCUT2D eigenvalue weighted by molar-refractivity contribution is -0.127. The van der Waals surface area contributed by atoms with E-state index in [2.05, 4.69) is 10.6 Å². The average Bonchev–Trinajstić information content (AvgIpc) is 2.42. The number of nitrogens with one attached hydrogen (secondary N) is 2. The molecule has 0 bridgehead atoms. The van der Waals surface area contributed by atoms with Crippen LogP contribution < -0.4 is 15.4 Å². The number of benzene rings is 1. The maximum atomic E-state index is 12.0. The third kappa shape index (κ3) is 4.69. The molecule has 5 heteroatoms. The van der Waals surface area contributed by atoms with Crippen molar-refractivity contribution < 1.29 is 9.53 Å². The fourth-order valence-corrected chi connectivity index (χ4v) is 1.94. The first-order valence-electron chi connectivity index (χ1n) is 6.88. The zero-order valence-electron chi connectivity index (χ0n) is 12.5. The summed E-state index contributed by atoms with van der Waals surface area (Å²) >= 11 is 6.16. The van der Waals surface area contributed by atoms with Gasteiger partial charge in [0.2, 0.25) is 0 Å². The summed E-state index contributed by atoms with van der Waals surface area (Å²) in [7, 11) is 1.84. The number of halogens is 1. The summed E-state index contributed by atoms with van der Waals surface area (Å²) in [5.74, 6) is 0.522. The molecule has 112 valence electrons. The molecule has 20 heavy (non-hydrogen) atoms. The van der Waals surface area contributed by atoms with Gasteiger partial charge in [-0.2, -0.15) is 0 Å². The van der Waals surface area contributed by atoms with Crippen molar-refractivity contribution >= 4 is 17.5 Å². The molecule has 1 amide bonds. The minimum Gasteiger partial charge on any atom is -0.481 e. The van der Waals surface area contributed by atoms with Crippen molar-refractivity contribution in [1.82, 2.24) is 10.6 Å². The van der Waals surface area contributed by atoms with Crippen LogP contribution in [0.5, 0.6) is 5.75 Å². The van der Waals surface area contributed by atoms with E-state index in [4.69, 9.17) is 16.3 Å². The highest BCUT2D eigenvalue weighted by Gasteiger charge is 2.18. The Morgan fingerprint density at radius 1 is 1.40 bits per heavy atom. The largest absolute Gasteiger partial charge is 0.481 e. The quantitative estimate of drug-likeness (QED) is 0.814. The lowest BCUT2D eigenvalue weighted by Gasteiger charge is -2.20. The fraction of sp³-hybridized carbons (Fsp3) is 0.533. The van der Waals surface area contributed by atoms with Gasteiger partial charge in [-0.05, 0) is 39.4 Å². The van der Waals surface area contributed by atoms with E-state index < -0.39 is 6.10 Å². The Labute approximate surface area is 125 Å². The molecule has 0 fully saturated rings. The molecule has 0 saturated carbocycles. The lowest BCUT2D eigenvalue weighted by Crippen LogP contribution is -2.41. The van der Waals surface area contributed by atoms with Gasteiger partial charge in [-0.25, -0.2) is 0 Å². The van der Waals surface area contributed by atoms with Crippen LogP contribution in [0.3, 0.4) is 0 Å². The maximum Gasteiger partial charge on any atom is 0.260 e. The number of amides is 1. The smallest absolute Gasteiger partial charge is 0.260 e. The van der Waals surface area contributed by atoms with E-state index in [1.54, 1.807) is 6.92 Å². The van der Waals surface area contributed by atoms with E-state index in [9.17, 15) is 4.79 Å². The molecule has 1 aromatic rings. The minimum absolute atomic E-state index is 0.116. The van der Waals surface area contributed by atoms with E-state index in [1.165, 1.54) is 0 Å². The molecule has 2 unspecified atom stereocenters. The molecular formula is C15H23ClN2O2. The van der Waals surface area contributed by atoms with Crippen molar-refractivity contribution in [3.05, 3.63) is 28.8 Å². The van der Waals surface area contributed by atoms with E-state index in [0.29, 0.717) is 17.3 Å². The molecule has 0 aliphatic heterocycles. The summed E-state index contributed by atoms with van der Waals surface area (Å²) in [5.41, 5.74) is 0.861. The van der Waals surface area contributed by atoms with Crippen molar-refractivity contribution in [2.24, 2.45) is 0 Å². The predicted octanol–water partition coefficient (Wildman–Crippen LogP) is 2.74. The number of carbonyl (C=O) groups excluding carboxylic acids is 1. The van der Waals surface area contributed by atoms with Gasteiger partial charge in [-0.3, -0.25) is 4.79 Å². The van der Waals surface area contributed by atoms with Crippen molar-refractivity contribution in [3.8, 4) is 5.75 Å². The zero-order chi connectivity index (χ0) is 15.1. The van der Waals surface area contributed by atoms with E-state index in [1.807, 2.05) is 39.1 Å². The summed E-state index contributed by atoms with van der Waals surface area (Å²) < 4.78 is 5.75. The van der Waals surface area contributed by atoms with Crippen molar-refractivity contribution in [2.75, 3.05) is 7.05 Å². The van der Waals surface area contributed by atoms with Crippen LogP contribution in [-0.4, -0.2) is 25.1 Å². The second kappa shape index (κ2) is 8.12. The molecule has 2 atom stereocenters. The minimum atomic E-state index is -0.557.